The molecule has 7 heteroatoms. The molecule has 4 rings (SSSR count). The van der Waals surface area contributed by atoms with Crippen molar-refractivity contribution in [3.63, 3.8) is 0 Å². The maximum absolute atomic E-state index is 4.81. The molecule has 2 N–H and O–H groups in total. The molecule has 1 saturated heterocycles. The summed E-state index contributed by atoms with van der Waals surface area (Å²) >= 11 is 0. The summed E-state index contributed by atoms with van der Waals surface area (Å²) in [4.78, 5) is 9.35. The molecule has 0 atom stereocenters. The number of hydrogen-bond donors (Lipinski definition) is 2. The van der Waals surface area contributed by atoms with Crippen molar-refractivity contribution in [3.05, 3.63) is 42.7 Å². The third kappa shape index (κ3) is 3.04. The molecule has 3 aromatic heterocycles. The molecule has 0 radical (unpaired) electrons. The molecule has 5 nitrogen and oxygen atoms in total. The summed E-state index contributed by atoms with van der Waals surface area (Å²) in [6.07, 6.45) is 6.28. The summed E-state index contributed by atoms with van der Waals surface area (Å²) in [5.41, 5.74) is 4.25. The molecule has 0 unspecified atom stereocenters. The second-order valence-electron chi connectivity index (χ2n) is 6.34. The predicted molar refractivity (Wildman–Crippen MR) is 103 cm³/mol. The van der Waals surface area contributed by atoms with Crippen molar-refractivity contribution >= 4 is 31.8 Å². The van der Waals surface area contributed by atoms with Crippen LogP contribution in [-0.4, -0.2) is 48.4 Å². The van der Waals surface area contributed by atoms with Crippen molar-refractivity contribution < 1.29 is 0 Å². The number of piperidine rings is 1. The van der Waals surface area contributed by atoms with Crippen molar-refractivity contribution in [1.82, 2.24) is 19.7 Å². The van der Waals surface area contributed by atoms with E-state index in [0.717, 1.165) is 56.0 Å². The van der Waals surface area contributed by atoms with Crippen LogP contribution >= 0.6 is 0 Å². The van der Waals surface area contributed by atoms with E-state index in [1.54, 1.807) is 0 Å². The van der Waals surface area contributed by atoms with Crippen LogP contribution in [0.2, 0.25) is 0 Å². The number of rotatable bonds is 4. The van der Waals surface area contributed by atoms with Gasteiger partial charge in [-0.15, -0.1) is 0 Å². The van der Waals surface area contributed by atoms with Gasteiger partial charge in [0.2, 0.25) is 0 Å². The predicted octanol–water partition coefficient (Wildman–Crippen LogP) is 0.170. The van der Waals surface area contributed by atoms with E-state index in [0.29, 0.717) is 6.04 Å². The molecule has 3 aromatic rings. The Labute approximate surface area is 143 Å². The van der Waals surface area contributed by atoms with Gasteiger partial charge < -0.3 is 10.6 Å². The highest BCUT2D eigenvalue weighted by molar-refractivity contribution is 6.97. The molecule has 0 amide bonds. The first-order valence-electron chi connectivity index (χ1n) is 8.74. The third-order valence-electron chi connectivity index (χ3n) is 4.69. The number of nitrogens with zero attached hydrogens (tertiary/aromatic N) is 3. The zero-order chi connectivity index (χ0) is 16.4. The number of fused-ring (bicyclic) bond motifs is 1. The number of imidazole rings is 1. The first-order valence-corrected chi connectivity index (χ1v) is 8.74. The first-order chi connectivity index (χ1) is 11.8. The Bertz CT molecular complexity index is 842. The zero-order valence-corrected chi connectivity index (χ0v) is 14.0. The van der Waals surface area contributed by atoms with Gasteiger partial charge in [-0.25, -0.2) is 9.97 Å². The van der Waals surface area contributed by atoms with E-state index in [9.17, 15) is 0 Å². The SMILES string of the molecule is BBc1ccn2c(-c3cccc(NC4CCNCC4)n3)cnc2c1. The van der Waals surface area contributed by atoms with Gasteiger partial charge in [-0.3, -0.25) is 4.40 Å². The molecule has 4 heterocycles. The Morgan fingerprint density at radius 3 is 2.96 bits per heavy atom. The Kier molecular flexibility index (Phi) is 4.26. The van der Waals surface area contributed by atoms with Crippen LogP contribution in [0.5, 0.6) is 0 Å². The summed E-state index contributed by atoms with van der Waals surface area (Å²) in [6.45, 7) is 2.15. The van der Waals surface area contributed by atoms with E-state index >= 15 is 0 Å². The fraction of sp³-hybridized carbons (Fsp3) is 0.294. The van der Waals surface area contributed by atoms with Crippen LogP contribution in [0.3, 0.4) is 0 Å². The van der Waals surface area contributed by atoms with Gasteiger partial charge in [-0.05, 0) is 44.1 Å². The smallest absolute Gasteiger partial charge is 0.136 e. The minimum absolute atomic E-state index is 0.503. The van der Waals surface area contributed by atoms with E-state index in [2.05, 4.69) is 52.2 Å². The number of nitrogens with one attached hydrogen (secondary N) is 2. The quantitative estimate of drug-likeness (QED) is 0.674. The lowest BCUT2D eigenvalue weighted by atomic mass is 9.51. The van der Waals surface area contributed by atoms with Crippen LogP contribution in [0.25, 0.3) is 17.0 Å². The summed E-state index contributed by atoms with van der Waals surface area (Å²) < 4.78 is 2.11. The molecule has 0 bridgehead atoms. The molecule has 120 valence electrons. The molecule has 1 aliphatic heterocycles. The van der Waals surface area contributed by atoms with Crippen LogP contribution < -0.4 is 16.1 Å². The highest BCUT2D eigenvalue weighted by Crippen LogP contribution is 2.21. The van der Waals surface area contributed by atoms with Gasteiger partial charge in [0.05, 0.1) is 25.3 Å². The highest BCUT2D eigenvalue weighted by Gasteiger charge is 2.14. The lowest BCUT2D eigenvalue weighted by Crippen LogP contribution is -2.35. The van der Waals surface area contributed by atoms with E-state index in [1.807, 2.05) is 18.3 Å². The molecule has 1 fully saturated rings. The number of anilines is 1. The van der Waals surface area contributed by atoms with Gasteiger partial charge in [-0.1, -0.05) is 17.6 Å². The Morgan fingerprint density at radius 1 is 1.25 bits per heavy atom. The summed E-state index contributed by atoms with van der Waals surface area (Å²) in [6, 6.07) is 10.9. The molecular weight excluding hydrogens is 296 g/mol. The molecule has 0 aliphatic carbocycles. The van der Waals surface area contributed by atoms with Crippen molar-refractivity contribution in [2.45, 2.75) is 18.9 Å². The number of pyridine rings is 2. The molecule has 0 spiro atoms. The summed E-state index contributed by atoms with van der Waals surface area (Å²) in [5, 5.41) is 6.96. The Balaban J connectivity index is 1.63. The Hall–Kier alpha value is -2.27. The third-order valence-corrected chi connectivity index (χ3v) is 4.69. The van der Waals surface area contributed by atoms with Crippen molar-refractivity contribution in [1.29, 1.82) is 0 Å². The van der Waals surface area contributed by atoms with Crippen LogP contribution in [0.4, 0.5) is 5.82 Å². The Morgan fingerprint density at radius 2 is 2.12 bits per heavy atom. The fourth-order valence-electron chi connectivity index (χ4n) is 3.27. The van der Waals surface area contributed by atoms with Crippen molar-refractivity contribution in [3.8, 4) is 11.4 Å². The standard InChI is InChI=1S/C17H21B2N5/c18-19-12-6-9-24-15(11-21-17(24)10-12)14-2-1-3-16(23-14)22-13-4-7-20-8-5-13/h1-3,6,9-11,13,19-20H,4-5,7-8,18H2,(H,22,23). The van der Waals surface area contributed by atoms with E-state index in [1.165, 1.54) is 5.46 Å². The second-order valence-corrected chi connectivity index (χ2v) is 6.34. The van der Waals surface area contributed by atoms with Crippen molar-refractivity contribution in [2.75, 3.05) is 18.4 Å². The molecule has 24 heavy (non-hydrogen) atoms. The minimum Gasteiger partial charge on any atom is -0.367 e. The van der Waals surface area contributed by atoms with Gasteiger partial charge in [0, 0.05) is 12.2 Å². The van der Waals surface area contributed by atoms with Gasteiger partial charge in [-0.2, -0.15) is 0 Å². The average molecular weight is 317 g/mol. The maximum atomic E-state index is 4.81. The number of hydrogen-bond acceptors (Lipinski definition) is 4. The average Bonchev–Trinajstić information content (AvgIpc) is 3.06. The largest absolute Gasteiger partial charge is 0.367 e. The van der Waals surface area contributed by atoms with Gasteiger partial charge in [0.15, 0.2) is 0 Å². The molecule has 0 saturated carbocycles. The minimum atomic E-state index is 0.503. The first kappa shape index (κ1) is 15.3. The van der Waals surface area contributed by atoms with Gasteiger partial charge in [0.1, 0.15) is 18.6 Å². The zero-order valence-electron chi connectivity index (χ0n) is 14.0. The van der Waals surface area contributed by atoms with Crippen LogP contribution in [-0.2, 0) is 0 Å². The summed E-state index contributed by atoms with van der Waals surface area (Å²) in [7, 11) is 3.18. The fourth-order valence-corrected chi connectivity index (χ4v) is 3.27. The topological polar surface area (TPSA) is 54.2 Å². The molecule has 0 aromatic carbocycles. The van der Waals surface area contributed by atoms with Crippen molar-refractivity contribution in [2.24, 2.45) is 0 Å². The van der Waals surface area contributed by atoms with E-state index in [-0.39, 0.29) is 0 Å². The van der Waals surface area contributed by atoms with Crippen LogP contribution in [0.15, 0.2) is 42.7 Å². The van der Waals surface area contributed by atoms with E-state index in [4.69, 9.17) is 4.98 Å². The molecule has 1 aliphatic rings. The lowest BCUT2D eigenvalue weighted by Gasteiger charge is -2.24. The van der Waals surface area contributed by atoms with Gasteiger partial charge >= 0.3 is 0 Å². The van der Waals surface area contributed by atoms with Gasteiger partial charge in [0.25, 0.3) is 0 Å². The van der Waals surface area contributed by atoms with Crippen LogP contribution in [0, 0.1) is 0 Å². The highest BCUT2D eigenvalue weighted by atomic mass is 15.1. The normalized spacial score (nSPS) is 15.5. The lowest BCUT2D eigenvalue weighted by molar-refractivity contribution is 0.478. The van der Waals surface area contributed by atoms with Crippen LogP contribution in [0.1, 0.15) is 12.8 Å². The second kappa shape index (κ2) is 6.69. The summed E-state index contributed by atoms with van der Waals surface area (Å²) in [5.74, 6) is 0.944. The molecular formula is C17H21B2N5. The number of aromatic nitrogens is 3. The monoisotopic (exact) mass is 317 g/mol. The maximum Gasteiger partial charge on any atom is 0.136 e. The van der Waals surface area contributed by atoms with E-state index < -0.39 is 0 Å².